The van der Waals surface area contributed by atoms with E-state index in [2.05, 4.69) is 28.8 Å². The summed E-state index contributed by atoms with van der Waals surface area (Å²) in [5, 5.41) is 0. The van der Waals surface area contributed by atoms with E-state index in [0.29, 0.717) is 18.1 Å². The maximum atomic E-state index is 13.2. The average Bonchev–Trinajstić information content (AvgIpc) is 2.57. The molecule has 0 aliphatic heterocycles. The van der Waals surface area contributed by atoms with Gasteiger partial charge in [0.25, 0.3) is 0 Å². The van der Waals surface area contributed by atoms with E-state index in [-0.39, 0.29) is 23.5 Å². The summed E-state index contributed by atoms with van der Waals surface area (Å²) >= 11 is 0. The van der Waals surface area contributed by atoms with Gasteiger partial charge in [0.1, 0.15) is 11.6 Å². The Hall–Kier alpha value is -2.51. The number of aromatic nitrogens is 3. The van der Waals surface area contributed by atoms with Crippen LogP contribution in [0.5, 0.6) is 5.75 Å². The van der Waals surface area contributed by atoms with Crippen molar-refractivity contribution in [1.82, 2.24) is 15.0 Å². The maximum absolute atomic E-state index is 13.2. The molecule has 1 heterocycles. The van der Waals surface area contributed by atoms with Gasteiger partial charge in [-0.3, -0.25) is 0 Å². The third kappa shape index (κ3) is 8.15. The Bertz CT molecular complexity index is 714. The minimum atomic E-state index is -1.65. The van der Waals surface area contributed by atoms with Crippen molar-refractivity contribution in [3.63, 3.8) is 0 Å². The molecule has 4 N–H and O–H groups in total. The van der Waals surface area contributed by atoms with Crippen molar-refractivity contribution in [2.75, 3.05) is 18.1 Å². The van der Waals surface area contributed by atoms with E-state index < -0.39 is 5.67 Å². The highest BCUT2D eigenvalue weighted by Crippen LogP contribution is 2.21. The van der Waals surface area contributed by atoms with E-state index in [0.717, 1.165) is 12.2 Å². The minimum Gasteiger partial charge on any atom is -0.494 e. The summed E-state index contributed by atoms with van der Waals surface area (Å²) in [5.74, 6) is 1.09. The third-order valence-electron chi connectivity index (χ3n) is 3.91. The first-order chi connectivity index (χ1) is 12.5. The Morgan fingerprint density at radius 3 is 2.22 bits per heavy atom. The van der Waals surface area contributed by atoms with E-state index in [1.165, 1.54) is 26.3 Å². The van der Waals surface area contributed by atoms with E-state index in [9.17, 15) is 8.78 Å². The number of rotatable bonds is 6. The smallest absolute Gasteiger partial charge is 0.225 e. The molecule has 2 aromatic rings. The summed E-state index contributed by atoms with van der Waals surface area (Å²) in [5.41, 5.74) is 9.48. The largest absolute Gasteiger partial charge is 0.494 e. The van der Waals surface area contributed by atoms with Gasteiger partial charge in [0.2, 0.25) is 11.9 Å². The molecule has 0 bridgehead atoms. The molecule has 0 saturated heterocycles. The van der Waals surface area contributed by atoms with Crippen molar-refractivity contribution in [2.45, 2.75) is 53.1 Å². The van der Waals surface area contributed by atoms with Crippen LogP contribution in [0.25, 0.3) is 0 Å². The van der Waals surface area contributed by atoms with Gasteiger partial charge < -0.3 is 16.2 Å². The van der Waals surface area contributed by atoms with Crippen LogP contribution in [-0.4, -0.2) is 21.6 Å². The molecule has 1 unspecified atom stereocenters. The van der Waals surface area contributed by atoms with Crippen LogP contribution < -0.4 is 16.2 Å². The molecule has 1 aromatic heterocycles. The highest BCUT2D eigenvalue weighted by Gasteiger charge is 2.23. The second-order valence-electron chi connectivity index (χ2n) is 6.91. The lowest BCUT2D eigenvalue weighted by Gasteiger charge is -2.11. The first kappa shape index (κ1) is 22.5. The summed E-state index contributed by atoms with van der Waals surface area (Å²) < 4.78 is 31.7. The van der Waals surface area contributed by atoms with Crippen molar-refractivity contribution < 1.29 is 13.5 Å². The molecular formula is C19H29F2N5O. The fraction of sp³-hybridized carbons (Fsp3) is 0.526. The van der Waals surface area contributed by atoms with E-state index in [1.54, 1.807) is 19.1 Å². The van der Waals surface area contributed by atoms with Crippen LogP contribution in [0.4, 0.5) is 20.7 Å². The molecule has 27 heavy (non-hydrogen) atoms. The Morgan fingerprint density at radius 1 is 1.15 bits per heavy atom. The lowest BCUT2D eigenvalue weighted by molar-refractivity contribution is 0.206. The second kappa shape index (κ2) is 9.99. The van der Waals surface area contributed by atoms with Crippen LogP contribution in [0, 0.1) is 18.7 Å². The second-order valence-corrected chi connectivity index (χ2v) is 6.91. The van der Waals surface area contributed by atoms with Crippen molar-refractivity contribution in [1.29, 1.82) is 0 Å². The average molecular weight is 381 g/mol. The molecule has 6 nitrogen and oxygen atoms in total. The molecule has 8 heteroatoms. The normalized spacial score (nSPS) is 12.1. The number of nitrogens with zero attached hydrogens (tertiary/aromatic N) is 3. The summed E-state index contributed by atoms with van der Waals surface area (Å²) in [6.45, 7) is 9.48. The summed E-state index contributed by atoms with van der Waals surface area (Å²) in [6, 6.07) is 4.87. The van der Waals surface area contributed by atoms with Crippen LogP contribution in [-0.2, 0) is 5.67 Å². The number of nitrogens with two attached hydrogens (primary N) is 2. The predicted molar refractivity (Wildman–Crippen MR) is 103 cm³/mol. The van der Waals surface area contributed by atoms with Gasteiger partial charge in [-0.15, -0.1) is 0 Å². The SMILES string of the molecule is CC(C)(F)c1nc(N)nc(N)n1.CCC(C)CCOc1ccc(F)c(C)c1. The molecule has 0 aliphatic rings. The van der Waals surface area contributed by atoms with Gasteiger partial charge >= 0.3 is 0 Å². The molecule has 0 aliphatic carbocycles. The first-order valence-corrected chi connectivity index (χ1v) is 8.88. The number of aryl methyl sites for hydroxylation is 1. The zero-order valence-electron chi connectivity index (χ0n) is 16.6. The number of hydrogen-bond donors (Lipinski definition) is 2. The van der Waals surface area contributed by atoms with Crippen molar-refractivity contribution in [3.05, 3.63) is 35.4 Å². The van der Waals surface area contributed by atoms with Gasteiger partial charge in [0.15, 0.2) is 11.5 Å². The van der Waals surface area contributed by atoms with Crippen molar-refractivity contribution in [3.8, 4) is 5.75 Å². The fourth-order valence-corrected chi connectivity index (χ4v) is 1.96. The Balaban J connectivity index is 0.000000277. The highest BCUT2D eigenvalue weighted by molar-refractivity contribution is 5.29. The van der Waals surface area contributed by atoms with Crippen LogP contribution in [0.2, 0.25) is 0 Å². The molecule has 0 saturated carbocycles. The van der Waals surface area contributed by atoms with E-state index in [4.69, 9.17) is 16.2 Å². The monoisotopic (exact) mass is 381 g/mol. The van der Waals surface area contributed by atoms with Crippen LogP contribution in [0.3, 0.4) is 0 Å². The highest BCUT2D eigenvalue weighted by atomic mass is 19.1. The van der Waals surface area contributed by atoms with Crippen molar-refractivity contribution >= 4 is 11.9 Å². The lowest BCUT2D eigenvalue weighted by atomic mass is 10.1. The molecule has 1 aromatic carbocycles. The summed E-state index contributed by atoms with van der Waals surface area (Å²) in [6.07, 6.45) is 2.22. The number of alkyl halides is 1. The van der Waals surface area contributed by atoms with Crippen LogP contribution >= 0.6 is 0 Å². The fourth-order valence-electron chi connectivity index (χ4n) is 1.96. The molecular weight excluding hydrogens is 352 g/mol. The molecule has 0 radical (unpaired) electrons. The molecule has 150 valence electrons. The number of halogens is 2. The Kier molecular flexibility index (Phi) is 8.33. The number of hydrogen-bond acceptors (Lipinski definition) is 6. The van der Waals surface area contributed by atoms with Gasteiger partial charge in [-0.2, -0.15) is 15.0 Å². The topological polar surface area (TPSA) is 99.9 Å². The van der Waals surface area contributed by atoms with Crippen molar-refractivity contribution in [2.24, 2.45) is 5.92 Å². The maximum Gasteiger partial charge on any atom is 0.225 e. The number of ether oxygens (including phenoxy) is 1. The Labute approximate surface area is 159 Å². The van der Waals surface area contributed by atoms with Gasteiger partial charge in [0, 0.05) is 0 Å². The van der Waals surface area contributed by atoms with Gasteiger partial charge in [0.05, 0.1) is 6.61 Å². The molecule has 0 spiro atoms. The van der Waals surface area contributed by atoms with Crippen LogP contribution in [0.1, 0.15) is 51.9 Å². The predicted octanol–water partition coefficient (Wildman–Crippen LogP) is 4.19. The molecule has 2 rings (SSSR count). The summed E-state index contributed by atoms with van der Waals surface area (Å²) in [4.78, 5) is 10.7. The quantitative estimate of drug-likeness (QED) is 0.778. The molecule has 0 amide bonds. The number of anilines is 2. The molecule has 1 atom stereocenters. The van der Waals surface area contributed by atoms with E-state index in [1.807, 2.05) is 0 Å². The lowest BCUT2D eigenvalue weighted by Crippen LogP contribution is -2.17. The minimum absolute atomic E-state index is 0.0486. The van der Waals surface area contributed by atoms with Gasteiger partial charge in [-0.25, -0.2) is 8.78 Å². The standard InChI is InChI=1S/C13H19FO.C6H10FN5/c1-4-10(2)7-8-15-12-5-6-13(14)11(3)9-12;1-6(2,7)3-10-4(8)12-5(9)11-3/h5-6,9-10H,4,7-8H2,1-3H3;1-2H3,(H4,8,9,10,11,12). The molecule has 0 fully saturated rings. The Morgan fingerprint density at radius 2 is 1.74 bits per heavy atom. The van der Waals surface area contributed by atoms with Gasteiger partial charge in [-0.1, -0.05) is 20.3 Å². The third-order valence-corrected chi connectivity index (χ3v) is 3.91. The zero-order chi connectivity index (χ0) is 20.6. The number of nitrogen functional groups attached to an aromatic ring is 2. The first-order valence-electron chi connectivity index (χ1n) is 8.88. The van der Waals surface area contributed by atoms with Crippen LogP contribution in [0.15, 0.2) is 18.2 Å². The van der Waals surface area contributed by atoms with Gasteiger partial charge in [-0.05, 0) is 56.9 Å². The zero-order valence-corrected chi connectivity index (χ0v) is 16.6. The summed E-state index contributed by atoms with van der Waals surface area (Å²) in [7, 11) is 0. The van der Waals surface area contributed by atoms with E-state index >= 15 is 0 Å². The number of benzene rings is 1.